The van der Waals surface area contributed by atoms with Crippen molar-refractivity contribution in [3.05, 3.63) is 60.4 Å². The van der Waals surface area contributed by atoms with Crippen molar-refractivity contribution in [3.63, 3.8) is 0 Å². The first kappa shape index (κ1) is 32.0. The number of carbonyl (C=O) groups excluding carboxylic acids is 2. The lowest BCUT2D eigenvalue weighted by Gasteiger charge is -2.26. The van der Waals surface area contributed by atoms with Gasteiger partial charge in [-0.15, -0.1) is 0 Å². The Morgan fingerprint density at radius 1 is 1.00 bits per heavy atom. The molecule has 12 heteroatoms. The maximum absolute atomic E-state index is 13.6. The molecule has 1 fully saturated rings. The van der Waals surface area contributed by atoms with E-state index in [2.05, 4.69) is 53.2 Å². The molecule has 2 aromatic carbocycles. The molecule has 2 atom stereocenters. The van der Waals surface area contributed by atoms with Crippen molar-refractivity contribution in [3.8, 4) is 11.5 Å². The molecule has 12 nitrogen and oxygen atoms in total. The summed E-state index contributed by atoms with van der Waals surface area (Å²) in [7, 11) is 5.65. The molecule has 2 aliphatic heterocycles. The summed E-state index contributed by atoms with van der Waals surface area (Å²) in [6.45, 7) is 2.87. The van der Waals surface area contributed by atoms with Crippen molar-refractivity contribution >= 4 is 34.8 Å². The van der Waals surface area contributed by atoms with Crippen LogP contribution in [0, 0.1) is 0 Å². The van der Waals surface area contributed by atoms with Gasteiger partial charge in [0.2, 0.25) is 11.8 Å². The van der Waals surface area contributed by atoms with E-state index in [0.717, 1.165) is 55.7 Å². The molecule has 0 radical (unpaired) electrons. The molecular formula is C33H44N8O4. The van der Waals surface area contributed by atoms with Gasteiger partial charge in [0, 0.05) is 30.1 Å². The normalized spacial score (nSPS) is 19.5. The lowest BCUT2D eigenvalue weighted by Crippen LogP contribution is -2.52. The number of methoxy groups -OCH3 is 1. The van der Waals surface area contributed by atoms with Crippen LogP contribution >= 0.6 is 0 Å². The number of hydrogen-bond donors (Lipinski definition) is 4. The van der Waals surface area contributed by atoms with Crippen molar-refractivity contribution in [2.75, 3.05) is 58.1 Å². The molecule has 0 aliphatic carbocycles. The third-order valence-corrected chi connectivity index (χ3v) is 7.99. The monoisotopic (exact) mass is 616 g/mol. The van der Waals surface area contributed by atoms with E-state index in [1.807, 2.05) is 50.5 Å². The zero-order valence-corrected chi connectivity index (χ0v) is 26.3. The molecule has 0 spiro atoms. The quantitative estimate of drug-likeness (QED) is 0.304. The Labute approximate surface area is 264 Å². The van der Waals surface area contributed by atoms with Crippen LogP contribution in [0.1, 0.15) is 37.7 Å². The maximum atomic E-state index is 13.6. The smallest absolute Gasteiger partial charge is 0.242 e. The zero-order valence-electron chi connectivity index (χ0n) is 26.3. The molecule has 3 aromatic rings. The highest BCUT2D eigenvalue weighted by molar-refractivity contribution is 5.90. The van der Waals surface area contributed by atoms with Gasteiger partial charge in [0.15, 0.2) is 11.5 Å². The summed E-state index contributed by atoms with van der Waals surface area (Å²) >= 11 is 0. The van der Waals surface area contributed by atoms with Crippen LogP contribution in [0.15, 0.2) is 54.9 Å². The molecular weight excluding hydrogens is 572 g/mol. The van der Waals surface area contributed by atoms with E-state index in [-0.39, 0.29) is 31.0 Å². The third-order valence-electron chi connectivity index (χ3n) is 7.99. The van der Waals surface area contributed by atoms with E-state index in [4.69, 9.17) is 9.47 Å². The fourth-order valence-electron chi connectivity index (χ4n) is 5.72. The summed E-state index contributed by atoms with van der Waals surface area (Å²) in [6.07, 6.45) is 5.51. The summed E-state index contributed by atoms with van der Waals surface area (Å²) in [5.74, 6) is 2.04. The zero-order chi connectivity index (χ0) is 31.6. The van der Waals surface area contributed by atoms with Crippen molar-refractivity contribution in [2.24, 2.45) is 0 Å². The number of unbranched alkanes of at least 4 members (excludes halogenated alkanes) is 1. The molecule has 6 bridgehead atoms. The van der Waals surface area contributed by atoms with Crippen LogP contribution in [0.25, 0.3) is 0 Å². The van der Waals surface area contributed by atoms with Crippen LogP contribution in [-0.2, 0) is 16.1 Å². The first-order valence-electron chi connectivity index (χ1n) is 15.6. The second kappa shape index (κ2) is 15.5. The molecule has 2 aliphatic rings. The fourth-order valence-corrected chi connectivity index (χ4v) is 5.72. The minimum absolute atomic E-state index is 0.101. The Morgan fingerprint density at radius 2 is 1.80 bits per heavy atom. The molecule has 5 rings (SSSR count). The number of amides is 2. The topological polar surface area (TPSA) is 133 Å². The second-order valence-corrected chi connectivity index (χ2v) is 11.7. The van der Waals surface area contributed by atoms with Crippen molar-refractivity contribution < 1.29 is 19.1 Å². The van der Waals surface area contributed by atoms with E-state index in [1.54, 1.807) is 7.11 Å². The van der Waals surface area contributed by atoms with Gasteiger partial charge in [0.05, 0.1) is 19.7 Å². The number of rotatable bonds is 6. The molecule has 0 unspecified atom stereocenters. The summed E-state index contributed by atoms with van der Waals surface area (Å²) < 4.78 is 11.5. The van der Waals surface area contributed by atoms with E-state index < -0.39 is 6.04 Å². The van der Waals surface area contributed by atoms with Gasteiger partial charge in [-0.2, -0.15) is 0 Å². The summed E-state index contributed by atoms with van der Waals surface area (Å²) in [4.78, 5) is 40.1. The van der Waals surface area contributed by atoms with Crippen LogP contribution in [-0.4, -0.2) is 91.1 Å². The number of carbonyl (C=O) groups is 2. The number of nitrogens with zero attached hydrogens (tertiary/aromatic N) is 4. The standard InChI is InChI=1S/C33H44N8O4/c1-40(2)15-5-4-10-26-32(42)34-14-17-45-29-19-25(12-13-28(29)44-3)38-31-20-30(35-22-36-31)37-24-9-6-8-23(18-24)21-41-16-7-11-27(41)33(43)39-26/h6,8-9,12-13,18-20,22,26-27H,4-5,7,10-11,14-17,21H2,1-3H3,(H,34,42)(H,39,43)(H2,35,36,37,38)/t26-,27-/m0/s1. The van der Waals surface area contributed by atoms with E-state index in [0.29, 0.717) is 36.1 Å². The minimum Gasteiger partial charge on any atom is -0.493 e. The highest BCUT2D eigenvalue weighted by Crippen LogP contribution is 2.32. The lowest BCUT2D eigenvalue weighted by molar-refractivity contribution is -0.131. The highest BCUT2D eigenvalue weighted by Gasteiger charge is 2.33. The van der Waals surface area contributed by atoms with Gasteiger partial charge < -0.3 is 35.6 Å². The van der Waals surface area contributed by atoms with Gasteiger partial charge in [-0.3, -0.25) is 14.5 Å². The maximum Gasteiger partial charge on any atom is 0.242 e. The Kier molecular flexibility index (Phi) is 11.0. The molecule has 240 valence electrons. The summed E-state index contributed by atoms with van der Waals surface area (Å²) in [5, 5.41) is 12.7. The van der Waals surface area contributed by atoms with Crippen LogP contribution in [0.3, 0.4) is 0 Å². The fraction of sp³-hybridized carbons (Fsp3) is 0.455. The number of ether oxygens (including phenoxy) is 2. The average molecular weight is 617 g/mol. The Balaban J connectivity index is 1.39. The molecule has 45 heavy (non-hydrogen) atoms. The SMILES string of the molecule is COc1ccc2cc1OCCNC(=O)[C@H](CCCCN(C)C)NC(=O)[C@@H]1CCCN1Cc1cccc(c1)Nc1cc(ncn1)N2. The predicted molar refractivity (Wildman–Crippen MR) is 174 cm³/mol. The number of nitrogens with one attached hydrogen (secondary N) is 4. The summed E-state index contributed by atoms with van der Waals surface area (Å²) in [5.41, 5.74) is 2.72. The number of aromatic nitrogens is 2. The molecule has 1 aromatic heterocycles. The van der Waals surface area contributed by atoms with Gasteiger partial charge in [-0.25, -0.2) is 9.97 Å². The first-order chi connectivity index (χ1) is 21.9. The van der Waals surface area contributed by atoms with Gasteiger partial charge in [0.25, 0.3) is 0 Å². The van der Waals surface area contributed by atoms with Crippen molar-refractivity contribution in [1.29, 1.82) is 0 Å². The number of fused-ring (bicyclic) bond motifs is 7. The van der Waals surface area contributed by atoms with E-state index in [9.17, 15) is 9.59 Å². The molecule has 4 N–H and O–H groups in total. The first-order valence-corrected chi connectivity index (χ1v) is 15.6. The minimum atomic E-state index is -0.622. The van der Waals surface area contributed by atoms with Gasteiger partial charge in [-0.1, -0.05) is 12.1 Å². The van der Waals surface area contributed by atoms with E-state index >= 15 is 0 Å². The largest absolute Gasteiger partial charge is 0.493 e. The van der Waals surface area contributed by atoms with E-state index in [1.165, 1.54) is 6.33 Å². The van der Waals surface area contributed by atoms with Crippen LogP contribution in [0.2, 0.25) is 0 Å². The van der Waals surface area contributed by atoms with Gasteiger partial charge in [-0.05, 0) is 89.1 Å². The average Bonchev–Trinajstić information content (AvgIpc) is 3.49. The van der Waals surface area contributed by atoms with Gasteiger partial charge >= 0.3 is 0 Å². The van der Waals surface area contributed by atoms with Crippen molar-refractivity contribution in [1.82, 2.24) is 30.4 Å². The highest BCUT2D eigenvalue weighted by atomic mass is 16.5. The Bertz CT molecular complexity index is 1450. The number of benzene rings is 2. The molecule has 3 heterocycles. The van der Waals surface area contributed by atoms with Crippen LogP contribution < -0.4 is 30.7 Å². The molecule has 1 saturated heterocycles. The van der Waals surface area contributed by atoms with Crippen LogP contribution in [0.5, 0.6) is 11.5 Å². The predicted octanol–water partition coefficient (Wildman–Crippen LogP) is 3.66. The lowest BCUT2D eigenvalue weighted by atomic mass is 10.1. The Hall–Kier alpha value is -4.42. The van der Waals surface area contributed by atoms with Crippen LogP contribution in [0.4, 0.5) is 23.0 Å². The number of hydrogen-bond acceptors (Lipinski definition) is 10. The van der Waals surface area contributed by atoms with Crippen molar-refractivity contribution in [2.45, 2.75) is 50.7 Å². The number of anilines is 4. The summed E-state index contributed by atoms with van der Waals surface area (Å²) in [6, 6.07) is 14.5. The molecule has 2 amide bonds. The molecule has 0 saturated carbocycles. The Morgan fingerprint density at radius 3 is 2.58 bits per heavy atom. The van der Waals surface area contributed by atoms with Gasteiger partial charge in [0.1, 0.15) is 30.6 Å². The second-order valence-electron chi connectivity index (χ2n) is 11.7. The third kappa shape index (κ3) is 9.05.